The molecule has 2 amide bonds. The van der Waals surface area contributed by atoms with Crippen LogP contribution in [0.4, 0.5) is 11.4 Å². The molecule has 3 rings (SSSR count). The smallest absolute Gasteiger partial charge is 0.238 e. The fraction of sp³-hybridized carbons (Fsp3) is 0.333. The third kappa shape index (κ3) is 4.82. The quantitative estimate of drug-likeness (QED) is 0.773. The average Bonchev–Trinajstić information content (AvgIpc) is 3.10. The maximum Gasteiger partial charge on any atom is 0.238 e. The molecular formula is C21H24ClN3O3. The topological polar surface area (TPSA) is 61.9 Å². The Morgan fingerprint density at radius 1 is 1.25 bits per heavy atom. The number of rotatable bonds is 7. The number of amides is 2. The molecule has 0 bridgehead atoms. The Kier molecular flexibility index (Phi) is 6.54. The van der Waals surface area contributed by atoms with Gasteiger partial charge in [0, 0.05) is 30.2 Å². The van der Waals surface area contributed by atoms with E-state index in [9.17, 15) is 9.59 Å². The van der Waals surface area contributed by atoms with Crippen LogP contribution in [-0.4, -0.2) is 50.5 Å². The standard InChI is InChI=1S/C21H24ClN3O3/c1-24(14-20(26)23-17-13-16(22)7-8-19(17)28-2)11-10-21(27)25-12-9-15-5-3-4-6-18(15)25/h3-8,13H,9-12,14H2,1-2H3,(H,23,26). The third-order valence-electron chi connectivity index (χ3n) is 4.74. The van der Waals surface area contributed by atoms with Crippen LogP contribution in [0.2, 0.25) is 5.02 Å². The molecule has 0 atom stereocenters. The van der Waals surface area contributed by atoms with Gasteiger partial charge < -0.3 is 15.0 Å². The summed E-state index contributed by atoms with van der Waals surface area (Å²) in [6.07, 6.45) is 1.25. The average molecular weight is 402 g/mol. The van der Waals surface area contributed by atoms with Crippen LogP contribution in [-0.2, 0) is 16.0 Å². The molecule has 1 N–H and O–H groups in total. The predicted octanol–water partition coefficient (Wildman–Crippen LogP) is 3.20. The molecular weight excluding hydrogens is 378 g/mol. The number of carbonyl (C=O) groups is 2. The number of hydrogen-bond donors (Lipinski definition) is 1. The van der Waals surface area contributed by atoms with Crippen molar-refractivity contribution in [3.05, 3.63) is 53.1 Å². The summed E-state index contributed by atoms with van der Waals surface area (Å²) < 4.78 is 5.23. The molecule has 0 radical (unpaired) electrons. The Hall–Kier alpha value is -2.57. The van der Waals surface area contributed by atoms with E-state index in [4.69, 9.17) is 16.3 Å². The highest BCUT2D eigenvalue weighted by Gasteiger charge is 2.24. The molecule has 28 heavy (non-hydrogen) atoms. The molecule has 0 aromatic heterocycles. The molecule has 6 nitrogen and oxygen atoms in total. The molecule has 1 heterocycles. The highest BCUT2D eigenvalue weighted by molar-refractivity contribution is 6.31. The number of methoxy groups -OCH3 is 1. The Balaban J connectivity index is 1.49. The van der Waals surface area contributed by atoms with Crippen molar-refractivity contribution in [3.63, 3.8) is 0 Å². The Bertz CT molecular complexity index is 872. The normalized spacial score (nSPS) is 12.8. The fourth-order valence-corrected chi connectivity index (χ4v) is 3.48. The first-order valence-corrected chi connectivity index (χ1v) is 9.56. The lowest BCUT2D eigenvalue weighted by Crippen LogP contribution is -2.35. The van der Waals surface area contributed by atoms with Crippen LogP contribution in [0.15, 0.2) is 42.5 Å². The molecule has 0 unspecified atom stereocenters. The minimum Gasteiger partial charge on any atom is -0.495 e. The number of carbonyl (C=O) groups excluding carboxylic acids is 2. The van der Waals surface area contributed by atoms with Gasteiger partial charge in [-0.25, -0.2) is 0 Å². The van der Waals surface area contributed by atoms with E-state index >= 15 is 0 Å². The lowest BCUT2D eigenvalue weighted by Gasteiger charge is -2.20. The number of hydrogen-bond acceptors (Lipinski definition) is 4. The van der Waals surface area contributed by atoms with Crippen molar-refractivity contribution in [1.29, 1.82) is 0 Å². The van der Waals surface area contributed by atoms with Gasteiger partial charge in [0.15, 0.2) is 0 Å². The molecule has 0 saturated heterocycles. The second-order valence-corrected chi connectivity index (χ2v) is 7.24. The monoisotopic (exact) mass is 401 g/mol. The number of fused-ring (bicyclic) bond motifs is 1. The van der Waals surface area contributed by atoms with Gasteiger partial charge >= 0.3 is 0 Å². The largest absolute Gasteiger partial charge is 0.495 e. The summed E-state index contributed by atoms with van der Waals surface area (Å²) in [6.45, 7) is 1.38. The number of halogens is 1. The molecule has 2 aromatic rings. The Morgan fingerprint density at radius 3 is 2.82 bits per heavy atom. The summed E-state index contributed by atoms with van der Waals surface area (Å²) in [5.41, 5.74) is 2.73. The van der Waals surface area contributed by atoms with Crippen molar-refractivity contribution in [2.24, 2.45) is 0 Å². The first-order chi connectivity index (χ1) is 13.5. The number of nitrogens with zero attached hydrogens (tertiary/aromatic N) is 2. The van der Waals surface area contributed by atoms with Gasteiger partial charge in [0.25, 0.3) is 0 Å². The van der Waals surface area contributed by atoms with Crippen LogP contribution in [0.5, 0.6) is 5.75 Å². The van der Waals surface area contributed by atoms with Crippen molar-refractivity contribution in [3.8, 4) is 5.75 Å². The van der Waals surface area contributed by atoms with Crippen LogP contribution < -0.4 is 15.0 Å². The number of ether oxygens (including phenoxy) is 1. The first-order valence-electron chi connectivity index (χ1n) is 9.18. The van der Waals surface area contributed by atoms with E-state index < -0.39 is 0 Å². The first kappa shape index (κ1) is 20.2. The number of para-hydroxylation sites is 1. The van der Waals surface area contributed by atoms with Crippen molar-refractivity contribution in [2.45, 2.75) is 12.8 Å². The number of benzene rings is 2. The Labute approximate surface area is 170 Å². The molecule has 0 fully saturated rings. The van der Waals surface area contributed by atoms with Crippen molar-refractivity contribution in [2.75, 3.05) is 44.0 Å². The van der Waals surface area contributed by atoms with Crippen molar-refractivity contribution >= 4 is 34.8 Å². The zero-order chi connectivity index (χ0) is 20.1. The fourth-order valence-electron chi connectivity index (χ4n) is 3.31. The maximum atomic E-state index is 12.6. The van der Waals surface area contributed by atoms with E-state index in [-0.39, 0.29) is 18.4 Å². The van der Waals surface area contributed by atoms with E-state index in [2.05, 4.69) is 11.4 Å². The summed E-state index contributed by atoms with van der Waals surface area (Å²) in [5.74, 6) is 0.430. The van der Waals surface area contributed by atoms with Gasteiger partial charge in [0.2, 0.25) is 11.8 Å². The number of nitrogens with one attached hydrogen (secondary N) is 1. The lowest BCUT2D eigenvalue weighted by molar-refractivity contribution is -0.120. The van der Waals surface area contributed by atoms with Gasteiger partial charge in [-0.3, -0.25) is 14.5 Å². The van der Waals surface area contributed by atoms with Crippen molar-refractivity contribution < 1.29 is 14.3 Å². The van der Waals surface area contributed by atoms with Gasteiger partial charge in [-0.05, 0) is 43.3 Å². The molecule has 0 saturated carbocycles. The van der Waals surface area contributed by atoms with E-state index in [1.807, 2.05) is 35.0 Å². The van der Waals surface area contributed by atoms with Crippen molar-refractivity contribution in [1.82, 2.24) is 4.90 Å². The van der Waals surface area contributed by atoms with E-state index in [0.717, 1.165) is 18.7 Å². The molecule has 0 aliphatic carbocycles. The van der Waals surface area contributed by atoms with Gasteiger partial charge in [-0.2, -0.15) is 0 Å². The van der Waals surface area contributed by atoms with Crippen LogP contribution in [0.25, 0.3) is 0 Å². The van der Waals surface area contributed by atoms with Crippen LogP contribution in [0, 0.1) is 0 Å². The van der Waals surface area contributed by atoms with E-state index in [0.29, 0.717) is 29.4 Å². The van der Waals surface area contributed by atoms with Crippen LogP contribution in [0.3, 0.4) is 0 Å². The molecule has 1 aliphatic heterocycles. The van der Waals surface area contributed by atoms with Crippen LogP contribution in [0.1, 0.15) is 12.0 Å². The lowest BCUT2D eigenvalue weighted by atomic mass is 10.2. The molecule has 1 aliphatic rings. The molecule has 148 valence electrons. The molecule has 2 aromatic carbocycles. The van der Waals surface area contributed by atoms with Crippen LogP contribution >= 0.6 is 11.6 Å². The SMILES string of the molecule is COc1ccc(Cl)cc1NC(=O)CN(C)CCC(=O)N1CCc2ccccc21. The third-order valence-corrected chi connectivity index (χ3v) is 4.98. The van der Waals surface area contributed by atoms with E-state index in [1.54, 1.807) is 18.2 Å². The molecule has 7 heteroatoms. The summed E-state index contributed by atoms with van der Waals surface area (Å²) in [7, 11) is 3.35. The minimum absolute atomic E-state index is 0.0775. The molecule has 0 spiro atoms. The number of anilines is 2. The van der Waals surface area contributed by atoms with Gasteiger partial charge in [0.1, 0.15) is 5.75 Å². The summed E-state index contributed by atoms with van der Waals surface area (Å²) in [4.78, 5) is 28.6. The van der Waals surface area contributed by atoms with Gasteiger partial charge in [0.05, 0.1) is 19.3 Å². The second kappa shape index (κ2) is 9.08. The zero-order valence-electron chi connectivity index (χ0n) is 16.1. The predicted molar refractivity (Wildman–Crippen MR) is 111 cm³/mol. The highest BCUT2D eigenvalue weighted by atomic mass is 35.5. The Morgan fingerprint density at radius 2 is 2.04 bits per heavy atom. The van der Waals surface area contributed by atoms with E-state index in [1.165, 1.54) is 12.7 Å². The zero-order valence-corrected chi connectivity index (χ0v) is 16.8. The summed E-state index contributed by atoms with van der Waals surface area (Å²) in [5, 5.41) is 3.32. The van der Waals surface area contributed by atoms with Gasteiger partial charge in [-0.15, -0.1) is 0 Å². The summed E-state index contributed by atoms with van der Waals surface area (Å²) in [6, 6.07) is 13.0. The van der Waals surface area contributed by atoms with Gasteiger partial charge in [-0.1, -0.05) is 29.8 Å². The maximum absolute atomic E-state index is 12.6. The minimum atomic E-state index is -0.193. The highest BCUT2D eigenvalue weighted by Crippen LogP contribution is 2.28. The number of likely N-dealkylation sites (N-methyl/N-ethyl adjacent to an activating group) is 1. The summed E-state index contributed by atoms with van der Waals surface area (Å²) >= 11 is 5.99. The second-order valence-electron chi connectivity index (χ2n) is 6.80.